The van der Waals surface area contributed by atoms with Crippen molar-refractivity contribution < 1.29 is 9.90 Å². The van der Waals surface area contributed by atoms with E-state index >= 15 is 0 Å². The summed E-state index contributed by atoms with van der Waals surface area (Å²) in [5.74, 6) is -0.442. The standard InChI is InChI=1S/C25H22N8O3/c1-14-10-11-19(12-15(14)2)32-24(35)22(16(3)29-32)27-26-21-9-5-8-20(23(21)34)17-6-4-7-18(13-17)33-25(36)28-30-31-33/h4-13,26,34H,1-3H3,(H,28,31,36). The lowest BCUT2D eigenvalue weighted by atomic mass is 10.0. The highest BCUT2D eigenvalue weighted by Crippen LogP contribution is 2.36. The largest absolute Gasteiger partial charge is 0.505 e. The van der Waals surface area contributed by atoms with Crippen molar-refractivity contribution in [3.05, 3.63) is 82.3 Å². The summed E-state index contributed by atoms with van der Waals surface area (Å²) in [6.45, 7) is 5.68. The highest BCUT2D eigenvalue weighted by Gasteiger charge is 2.31. The number of aromatic amines is 1. The number of aromatic nitrogens is 4. The number of hydrogen-bond donors (Lipinski definition) is 3. The number of nitrogens with one attached hydrogen (secondary N) is 2. The summed E-state index contributed by atoms with van der Waals surface area (Å²) in [4.78, 5) is 24.9. The predicted octanol–water partition coefficient (Wildman–Crippen LogP) is 3.14. The molecule has 1 aliphatic heterocycles. The van der Waals surface area contributed by atoms with Crippen LogP contribution in [0.4, 0.5) is 11.4 Å². The first-order valence-electron chi connectivity index (χ1n) is 11.1. The van der Waals surface area contributed by atoms with E-state index in [9.17, 15) is 14.7 Å². The van der Waals surface area contributed by atoms with Crippen molar-refractivity contribution in [2.75, 3.05) is 10.4 Å². The topological polar surface area (TPSA) is 141 Å². The van der Waals surface area contributed by atoms with E-state index < -0.39 is 5.69 Å². The zero-order valence-corrected chi connectivity index (χ0v) is 19.7. The van der Waals surface area contributed by atoms with E-state index in [2.05, 4.69) is 31.2 Å². The quantitative estimate of drug-likeness (QED) is 0.295. The van der Waals surface area contributed by atoms with E-state index in [1.54, 1.807) is 49.4 Å². The smallest absolute Gasteiger partial charge is 0.365 e. The number of rotatable bonds is 5. The van der Waals surface area contributed by atoms with Crippen LogP contribution in [0.15, 0.2) is 75.7 Å². The van der Waals surface area contributed by atoms with Gasteiger partial charge >= 0.3 is 11.6 Å². The van der Waals surface area contributed by atoms with E-state index in [4.69, 9.17) is 0 Å². The molecule has 3 aromatic carbocycles. The van der Waals surface area contributed by atoms with Crippen LogP contribution < -0.4 is 16.1 Å². The third kappa shape index (κ3) is 4.02. The molecule has 5 rings (SSSR count). The molecular formula is C25H22N8O3. The third-order valence-corrected chi connectivity index (χ3v) is 5.92. The first-order valence-corrected chi connectivity index (χ1v) is 11.1. The molecule has 3 N–H and O–H groups in total. The number of hydrazone groups is 2. The molecule has 0 spiro atoms. The van der Waals surface area contributed by atoms with Gasteiger partial charge in [0, 0.05) is 5.56 Å². The summed E-state index contributed by atoms with van der Waals surface area (Å²) < 4.78 is 1.11. The Morgan fingerprint density at radius 3 is 2.50 bits per heavy atom. The number of carbonyl (C=O) groups excluding carboxylic acids is 1. The highest BCUT2D eigenvalue weighted by molar-refractivity contribution is 6.71. The number of nitrogens with zero attached hydrogens (tertiary/aromatic N) is 6. The number of H-pyrrole nitrogens is 1. The normalized spacial score (nSPS) is 14.4. The van der Waals surface area contributed by atoms with Gasteiger partial charge in [-0.25, -0.2) is 9.89 Å². The molecule has 1 amide bonds. The number of phenols is 1. The van der Waals surface area contributed by atoms with Gasteiger partial charge in [-0.3, -0.25) is 10.2 Å². The number of phenolic OH excluding ortho intramolecular Hbond substituents is 1. The monoisotopic (exact) mass is 482 g/mol. The van der Waals surface area contributed by atoms with Crippen LogP contribution in [0.5, 0.6) is 5.75 Å². The first-order chi connectivity index (χ1) is 17.3. The summed E-state index contributed by atoms with van der Waals surface area (Å²) in [5, 5.41) is 30.4. The molecule has 11 heteroatoms. The first kappa shape index (κ1) is 22.7. The molecule has 0 aliphatic carbocycles. The van der Waals surface area contributed by atoms with Crippen molar-refractivity contribution in [1.29, 1.82) is 0 Å². The number of carbonyl (C=O) groups is 1. The van der Waals surface area contributed by atoms with Crippen molar-refractivity contribution in [2.24, 2.45) is 10.2 Å². The molecule has 1 aromatic heterocycles. The van der Waals surface area contributed by atoms with Crippen LogP contribution in [-0.4, -0.2) is 42.6 Å². The fourth-order valence-corrected chi connectivity index (χ4v) is 3.81. The molecule has 0 fully saturated rings. The molecule has 4 aromatic rings. The van der Waals surface area contributed by atoms with Gasteiger partial charge in [-0.2, -0.15) is 19.9 Å². The van der Waals surface area contributed by atoms with E-state index in [0.717, 1.165) is 15.8 Å². The summed E-state index contributed by atoms with van der Waals surface area (Å²) in [7, 11) is 0. The molecule has 0 saturated carbocycles. The molecule has 1 aliphatic rings. The van der Waals surface area contributed by atoms with Gasteiger partial charge in [-0.1, -0.05) is 30.3 Å². The molecule has 180 valence electrons. The Morgan fingerprint density at radius 2 is 1.75 bits per heavy atom. The lowest BCUT2D eigenvalue weighted by Crippen LogP contribution is -2.28. The Bertz CT molecular complexity index is 1620. The van der Waals surface area contributed by atoms with Crippen molar-refractivity contribution in [1.82, 2.24) is 20.2 Å². The fourth-order valence-electron chi connectivity index (χ4n) is 3.81. The molecule has 0 radical (unpaired) electrons. The maximum Gasteiger partial charge on any atom is 0.365 e. The maximum absolute atomic E-state index is 13.0. The average molecular weight is 483 g/mol. The second kappa shape index (κ2) is 8.95. The summed E-state index contributed by atoms with van der Waals surface area (Å²) in [6, 6.07) is 17.7. The number of hydrogen-bond acceptors (Lipinski definition) is 8. The molecule has 0 saturated heterocycles. The van der Waals surface area contributed by atoms with Gasteiger partial charge in [0.1, 0.15) is 5.75 Å². The van der Waals surface area contributed by atoms with Gasteiger partial charge < -0.3 is 5.11 Å². The molecule has 0 atom stereocenters. The Morgan fingerprint density at radius 1 is 0.944 bits per heavy atom. The van der Waals surface area contributed by atoms with Crippen LogP contribution in [0.1, 0.15) is 18.1 Å². The Kier molecular flexibility index (Phi) is 5.65. The molecular weight excluding hydrogens is 460 g/mol. The molecule has 2 heterocycles. The third-order valence-electron chi connectivity index (χ3n) is 5.92. The Hall–Kier alpha value is -5.06. The van der Waals surface area contributed by atoms with Crippen LogP contribution in [0.25, 0.3) is 16.8 Å². The molecule has 11 nitrogen and oxygen atoms in total. The minimum absolute atomic E-state index is 0.0717. The number of anilines is 2. The number of aromatic hydroxyl groups is 1. The molecule has 36 heavy (non-hydrogen) atoms. The van der Waals surface area contributed by atoms with E-state index in [1.165, 1.54) is 5.01 Å². The lowest BCUT2D eigenvalue weighted by molar-refractivity contribution is -0.112. The molecule has 0 unspecified atom stereocenters. The van der Waals surface area contributed by atoms with E-state index in [-0.39, 0.29) is 17.4 Å². The van der Waals surface area contributed by atoms with Crippen LogP contribution in [0.3, 0.4) is 0 Å². The van der Waals surface area contributed by atoms with Crippen molar-refractivity contribution >= 4 is 28.7 Å². The van der Waals surface area contributed by atoms with Gasteiger partial charge in [0.2, 0.25) is 0 Å². The Labute approximate surface area is 205 Å². The SMILES string of the molecule is CC1=NN(c2ccc(C)c(C)c2)C(=O)C1=NNc1cccc(-c2cccc(-n3nn[nH]c3=O)c2)c1O. The number of benzene rings is 3. The second-order valence-electron chi connectivity index (χ2n) is 8.31. The highest BCUT2D eigenvalue weighted by atomic mass is 16.3. The minimum Gasteiger partial charge on any atom is -0.505 e. The minimum atomic E-state index is -0.476. The number of tetrazole rings is 1. The summed E-state index contributed by atoms with van der Waals surface area (Å²) >= 11 is 0. The van der Waals surface area contributed by atoms with E-state index in [0.29, 0.717) is 33.9 Å². The number of para-hydroxylation sites is 1. The van der Waals surface area contributed by atoms with Crippen LogP contribution in [0, 0.1) is 13.8 Å². The molecule has 0 bridgehead atoms. The zero-order valence-electron chi connectivity index (χ0n) is 19.7. The zero-order chi connectivity index (χ0) is 25.4. The van der Waals surface area contributed by atoms with Gasteiger partial charge in [-0.15, -0.1) is 0 Å². The van der Waals surface area contributed by atoms with Crippen LogP contribution >= 0.6 is 0 Å². The second-order valence-corrected chi connectivity index (χ2v) is 8.31. The van der Waals surface area contributed by atoms with Gasteiger partial charge in [0.15, 0.2) is 5.71 Å². The number of aryl methyl sites for hydroxylation is 2. The van der Waals surface area contributed by atoms with Gasteiger partial charge in [0.05, 0.1) is 22.8 Å². The fraction of sp³-hybridized carbons (Fsp3) is 0.120. The van der Waals surface area contributed by atoms with Crippen LogP contribution in [0.2, 0.25) is 0 Å². The maximum atomic E-state index is 13.0. The lowest BCUT2D eigenvalue weighted by Gasteiger charge is -2.13. The van der Waals surface area contributed by atoms with Crippen molar-refractivity contribution in [3.8, 4) is 22.6 Å². The average Bonchev–Trinajstić information content (AvgIpc) is 3.42. The van der Waals surface area contributed by atoms with E-state index in [1.807, 2.05) is 32.0 Å². The summed E-state index contributed by atoms with van der Waals surface area (Å²) in [6.07, 6.45) is 0. The Balaban J connectivity index is 1.42. The summed E-state index contributed by atoms with van der Waals surface area (Å²) in [5.41, 5.74) is 7.67. The van der Waals surface area contributed by atoms with Gasteiger partial charge in [0.25, 0.3) is 0 Å². The van der Waals surface area contributed by atoms with Crippen molar-refractivity contribution in [2.45, 2.75) is 20.8 Å². The predicted molar refractivity (Wildman–Crippen MR) is 137 cm³/mol. The van der Waals surface area contributed by atoms with Crippen LogP contribution in [-0.2, 0) is 4.79 Å². The van der Waals surface area contributed by atoms with Gasteiger partial charge in [-0.05, 0) is 78.2 Å². The van der Waals surface area contributed by atoms with Crippen molar-refractivity contribution in [3.63, 3.8) is 0 Å². The number of amides is 1.